The van der Waals surface area contributed by atoms with E-state index < -0.39 is 56.5 Å². The molecule has 0 unspecified atom stereocenters. The van der Waals surface area contributed by atoms with Crippen LogP contribution < -0.4 is 0 Å². The minimum atomic E-state index is -2.23. The first-order valence-corrected chi connectivity index (χ1v) is 33.1. The molecule has 0 aromatic heterocycles. The van der Waals surface area contributed by atoms with Crippen molar-refractivity contribution >= 4 is 51.1 Å². The molecule has 0 aliphatic rings. The minimum Gasteiger partial charge on any atom is -0.439 e. The summed E-state index contributed by atoms with van der Waals surface area (Å²) in [7, 11) is -10.6. The molecule has 242 valence electrons. The van der Waals surface area contributed by atoms with Gasteiger partial charge in [0.2, 0.25) is 0 Å². The van der Waals surface area contributed by atoms with Crippen LogP contribution in [0.4, 0.5) is 0 Å². The topological polar surface area (TPSA) is 95.8 Å². The minimum absolute atomic E-state index is 0.175. The van der Waals surface area contributed by atoms with Gasteiger partial charge in [-0.15, -0.1) is 0 Å². The summed E-state index contributed by atoms with van der Waals surface area (Å²) in [5.41, 5.74) is -0.787. The van der Waals surface area contributed by atoms with Gasteiger partial charge in [-0.05, 0) is 123 Å². The summed E-state index contributed by atoms with van der Waals surface area (Å²) < 4.78 is 37.8. The first-order valence-electron chi connectivity index (χ1n) is 15.2. The zero-order chi connectivity index (χ0) is 31.3. The van der Waals surface area contributed by atoms with Crippen molar-refractivity contribution in [2.75, 3.05) is 39.6 Å². The molecule has 0 saturated heterocycles. The van der Waals surface area contributed by atoms with Crippen molar-refractivity contribution in [1.29, 1.82) is 0 Å². The molecule has 0 aliphatic heterocycles. The summed E-state index contributed by atoms with van der Waals surface area (Å²) in [6.07, 6.45) is 3.78. The molecule has 2 N–H and O–H groups in total. The highest BCUT2D eigenvalue weighted by Gasteiger charge is 2.39. The van der Waals surface area contributed by atoms with Crippen molar-refractivity contribution in [2.24, 2.45) is 5.41 Å². The lowest BCUT2D eigenvalue weighted by atomic mass is 9.92. The van der Waals surface area contributed by atoms with Crippen molar-refractivity contribution in [3.05, 3.63) is 0 Å². The smallest absolute Gasteiger partial charge is 0.314 e. The van der Waals surface area contributed by atoms with Gasteiger partial charge in [0.05, 0.1) is 31.8 Å². The standard InChI is InChI=1S/C26H66O8Si6/c1-36(2,3)31-35(32-37(4,5)6)20-16-14-18-29-24-26(22-27,23-28)25-30-19-15-17-21-40(13,33-38(7,8)9)34-39(10,11)12/h27-28,35H,14-25H2,1-13H3. The van der Waals surface area contributed by atoms with Gasteiger partial charge in [0.15, 0.2) is 33.3 Å². The van der Waals surface area contributed by atoms with Crippen molar-refractivity contribution in [1.82, 2.24) is 0 Å². The van der Waals surface area contributed by atoms with Gasteiger partial charge in [0, 0.05) is 13.2 Å². The predicted octanol–water partition coefficient (Wildman–Crippen LogP) is 6.25. The number of unbranched alkanes of at least 4 members (excludes halogenated alkanes) is 2. The van der Waals surface area contributed by atoms with E-state index in [1.165, 1.54) is 0 Å². The summed E-state index contributed by atoms with van der Waals surface area (Å²) in [5.74, 6) is 0. The molecule has 14 heteroatoms. The highest BCUT2D eigenvalue weighted by Crippen LogP contribution is 2.26. The van der Waals surface area contributed by atoms with Crippen LogP contribution >= 0.6 is 0 Å². The summed E-state index contributed by atoms with van der Waals surface area (Å²) in [5, 5.41) is 20.1. The van der Waals surface area contributed by atoms with Crippen LogP contribution in [0.5, 0.6) is 0 Å². The Bertz CT molecular complexity index is 638. The molecule has 0 saturated carbocycles. The lowest BCUT2D eigenvalue weighted by Crippen LogP contribution is -2.52. The van der Waals surface area contributed by atoms with E-state index in [9.17, 15) is 10.2 Å². The number of ether oxygens (including phenoxy) is 2. The highest BCUT2D eigenvalue weighted by atomic mass is 28.5. The van der Waals surface area contributed by atoms with Crippen LogP contribution in [0.3, 0.4) is 0 Å². The van der Waals surface area contributed by atoms with Crippen molar-refractivity contribution < 1.29 is 36.1 Å². The van der Waals surface area contributed by atoms with Crippen LogP contribution in [0, 0.1) is 5.41 Å². The van der Waals surface area contributed by atoms with E-state index in [0.29, 0.717) is 13.2 Å². The molecule has 0 amide bonds. The molecular formula is C26H66O8Si6. The third kappa shape index (κ3) is 22.5. The maximum absolute atomic E-state index is 10.0. The monoisotopic (exact) mass is 674 g/mol. The average molecular weight is 675 g/mol. The fourth-order valence-electron chi connectivity index (χ4n) is 4.37. The largest absolute Gasteiger partial charge is 0.439 e. The van der Waals surface area contributed by atoms with E-state index in [1.807, 2.05) is 0 Å². The third-order valence-electron chi connectivity index (χ3n) is 5.65. The number of hydrogen-bond donors (Lipinski definition) is 2. The Balaban J connectivity index is 4.53. The fourth-order valence-corrected chi connectivity index (χ4v) is 25.5. The highest BCUT2D eigenvalue weighted by molar-refractivity contribution is 6.87. The summed E-state index contributed by atoms with van der Waals surface area (Å²) in [6, 6.07) is 1.94. The van der Waals surface area contributed by atoms with Crippen LogP contribution in [0.1, 0.15) is 25.7 Å². The van der Waals surface area contributed by atoms with Crippen LogP contribution in [0.15, 0.2) is 0 Å². The van der Waals surface area contributed by atoms with Gasteiger partial charge in [0.1, 0.15) is 0 Å². The molecule has 8 nitrogen and oxygen atoms in total. The Morgan fingerprint density at radius 1 is 0.550 bits per heavy atom. The maximum Gasteiger partial charge on any atom is 0.314 e. The van der Waals surface area contributed by atoms with Gasteiger partial charge >= 0.3 is 17.8 Å². The van der Waals surface area contributed by atoms with E-state index in [0.717, 1.165) is 37.8 Å². The second-order valence-corrected chi connectivity index (χ2v) is 39.9. The molecule has 0 bridgehead atoms. The Labute approximate surface area is 254 Å². The number of rotatable bonds is 24. The molecule has 0 aliphatic carbocycles. The fraction of sp³-hybridized carbons (Fsp3) is 1.00. The second kappa shape index (κ2) is 18.1. The predicted molar refractivity (Wildman–Crippen MR) is 183 cm³/mol. The molecule has 0 fully saturated rings. The maximum atomic E-state index is 10.0. The normalized spacial score (nSPS) is 14.4. The molecule has 0 radical (unpaired) electrons. The third-order valence-corrected chi connectivity index (χ3v) is 23.9. The molecule has 0 aromatic rings. The van der Waals surface area contributed by atoms with E-state index in [2.05, 4.69) is 85.1 Å². The Morgan fingerprint density at radius 3 is 1.30 bits per heavy atom. The number of aliphatic hydroxyl groups excluding tert-OH is 2. The molecular weight excluding hydrogens is 609 g/mol. The molecule has 0 spiro atoms. The van der Waals surface area contributed by atoms with Crippen LogP contribution in [-0.4, -0.2) is 101 Å². The van der Waals surface area contributed by atoms with E-state index in [-0.39, 0.29) is 26.4 Å². The van der Waals surface area contributed by atoms with E-state index >= 15 is 0 Å². The zero-order valence-electron chi connectivity index (χ0n) is 28.4. The van der Waals surface area contributed by atoms with E-state index in [4.69, 9.17) is 25.9 Å². The van der Waals surface area contributed by atoms with E-state index in [1.54, 1.807) is 0 Å². The summed E-state index contributed by atoms with van der Waals surface area (Å²) in [4.78, 5) is 0. The average Bonchev–Trinajstić information content (AvgIpc) is 2.72. The van der Waals surface area contributed by atoms with Gasteiger partial charge in [-0.3, -0.25) is 0 Å². The van der Waals surface area contributed by atoms with Crippen molar-refractivity contribution in [2.45, 2.75) is 123 Å². The van der Waals surface area contributed by atoms with Gasteiger partial charge in [-0.2, -0.15) is 0 Å². The lowest BCUT2D eigenvalue weighted by Gasteiger charge is -2.38. The van der Waals surface area contributed by atoms with Gasteiger partial charge in [-0.1, -0.05) is 0 Å². The second-order valence-electron chi connectivity index (χ2n) is 15.3. The zero-order valence-corrected chi connectivity index (χ0v) is 34.6. The molecule has 40 heavy (non-hydrogen) atoms. The van der Waals surface area contributed by atoms with Crippen molar-refractivity contribution in [3.8, 4) is 0 Å². The Hall–Kier alpha value is 0.981. The van der Waals surface area contributed by atoms with Crippen LogP contribution in [0.25, 0.3) is 0 Å². The lowest BCUT2D eigenvalue weighted by molar-refractivity contribution is -0.0774. The Kier molecular flexibility index (Phi) is 18.5. The van der Waals surface area contributed by atoms with Gasteiger partial charge in [-0.25, -0.2) is 0 Å². The SMILES string of the molecule is C[Si](C)(C)O[SiH](CCCCOCC(CO)(CO)COCCCC[Si](C)(O[Si](C)(C)C)O[Si](C)(C)C)O[Si](C)(C)C. The van der Waals surface area contributed by atoms with Crippen molar-refractivity contribution in [3.63, 3.8) is 0 Å². The summed E-state index contributed by atoms with van der Waals surface area (Å²) >= 11 is 0. The van der Waals surface area contributed by atoms with Gasteiger partial charge in [0.25, 0.3) is 0 Å². The Morgan fingerprint density at radius 2 is 0.950 bits per heavy atom. The first-order chi connectivity index (χ1) is 18.0. The van der Waals surface area contributed by atoms with Gasteiger partial charge < -0.3 is 36.1 Å². The number of hydrogen-bond acceptors (Lipinski definition) is 8. The van der Waals surface area contributed by atoms with Crippen LogP contribution in [-0.2, 0) is 25.9 Å². The molecule has 0 aromatic carbocycles. The van der Waals surface area contributed by atoms with Crippen LogP contribution in [0.2, 0.25) is 97.2 Å². The molecule has 0 rings (SSSR count). The first kappa shape index (κ1) is 41.0. The summed E-state index contributed by atoms with van der Waals surface area (Å²) in [6.45, 7) is 30.3. The quantitative estimate of drug-likeness (QED) is 0.0917. The molecule has 0 heterocycles. The molecule has 0 atom stereocenters. The number of aliphatic hydroxyl groups is 2.